The summed E-state index contributed by atoms with van der Waals surface area (Å²) in [6, 6.07) is 17.0. The Balaban J connectivity index is 1.80. The first-order valence-electron chi connectivity index (χ1n) is 7.90. The van der Waals surface area contributed by atoms with Crippen LogP contribution < -0.4 is 0 Å². The predicted molar refractivity (Wildman–Crippen MR) is 102 cm³/mol. The lowest BCUT2D eigenvalue weighted by Gasteiger charge is -2.05. The van der Waals surface area contributed by atoms with Gasteiger partial charge >= 0.3 is 0 Å². The lowest BCUT2D eigenvalue weighted by molar-refractivity contribution is 0.922. The Labute approximate surface area is 147 Å². The van der Waals surface area contributed by atoms with Crippen LogP contribution in [0.3, 0.4) is 0 Å². The van der Waals surface area contributed by atoms with Crippen LogP contribution in [-0.2, 0) is 6.42 Å². The lowest BCUT2D eigenvalue weighted by Crippen LogP contribution is -1.88. The highest BCUT2D eigenvalue weighted by Crippen LogP contribution is 2.24. The van der Waals surface area contributed by atoms with Crippen molar-refractivity contribution >= 4 is 23.1 Å². The fraction of sp³-hybridized carbons (Fsp3) is 0.150. The number of hydrogen-bond acceptors (Lipinski definition) is 4. The van der Waals surface area contributed by atoms with Gasteiger partial charge in [0.15, 0.2) is 5.82 Å². The maximum Gasteiger partial charge on any atom is 0.159 e. The normalized spacial score (nSPS) is 10.2. The molecule has 0 aliphatic carbocycles. The zero-order valence-electron chi connectivity index (χ0n) is 13.4. The van der Waals surface area contributed by atoms with Gasteiger partial charge in [-0.05, 0) is 35.3 Å². The molecule has 0 saturated carbocycles. The molecule has 0 radical (unpaired) electrons. The summed E-state index contributed by atoms with van der Waals surface area (Å²) >= 11 is 4.57. The van der Waals surface area contributed by atoms with Gasteiger partial charge in [0.2, 0.25) is 0 Å². The van der Waals surface area contributed by atoms with Gasteiger partial charge in [0.05, 0.1) is 17.6 Å². The molecule has 3 nitrogen and oxygen atoms in total. The topological polar surface area (TPSA) is 38.1 Å². The number of rotatable bonds is 5. The molecule has 0 aliphatic heterocycles. The molecule has 0 atom stereocenters. The minimum absolute atomic E-state index is 0.609. The van der Waals surface area contributed by atoms with E-state index in [4.69, 9.17) is 0 Å². The second kappa shape index (κ2) is 7.73. The van der Waals surface area contributed by atoms with Crippen LogP contribution in [0.2, 0.25) is 0 Å². The second-order valence-corrected chi connectivity index (χ2v) is 5.67. The molecule has 0 aliphatic rings. The average Bonchev–Trinajstić information content (AvgIpc) is 2.64. The van der Waals surface area contributed by atoms with E-state index < -0.39 is 0 Å². The fourth-order valence-corrected chi connectivity index (χ4v) is 2.65. The number of nitrogens with zero attached hydrogens (tertiary/aromatic N) is 3. The van der Waals surface area contributed by atoms with Crippen LogP contribution in [0.15, 0.2) is 65.9 Å². The summed E-state index contributed by atoms with van der Waals surface area (Å²) in [5.74, 6) is 0.670. The van der Waals surface area contributed by atoms with Crippen LogP contribution in [0, 0.1) is 0 Å². The minimum atomic E-state index is 0.609. The van der Waals surface area contributed by atoms with Gasteiger partial charge in [0, 0.05) is 5.56 Å². The SMILES string of the molecule is CCCc1ccc(-c2ccc(-c3ncc(N=C=S)cn3)cc2)cc1. The van der Waals surface area contributed by atoms with Crippen LogP contribution in [0.1, 0.15) is 18.9 Å². The summed E-state index contributed by atoms with van der Waals surface area (Å²) in [6.45, 7) is 2.20. The summed E-state index contributed by atoms with van der Waals surface area (Å²) in [6.07, 6.45) is 5.58. The molecule has 24 heavy (non-hydrogen) atoms. The van der Waals surface area contributed by atoms with Crippen molar-refractivity contribution in [2.45, 2.75) is 19.8 Å². The second-order valence-electron chi connectivity index (χ2n) is 5.49. The van der Waals surface area contributed by atoms with Gasteiger partial charge in [-0.25, -0.2) is 9.97 Å². The van der Waals surface area contributed by atoms with E-state index in [1.54, 1.807) is 12.4 Å². The molecule has 0 N–H and O–H groups in total. The summed E-state index contributed by atoms with van der Waals surface area (Å²) in [7, 11) is 0. The highest BCUT2D eigenvalue weighted by atomic mass is 32.1. The van der Waals surface area contributed by atoms with Crippen molar-refractivity contribution in [3.8, 4) is 22.5 Å². The van der Waals surface area contributed by atoms with Crippen LogP contribution >= 0.6 is 12.2 Å². The largest absolute Gasteiger partial charge is 0.234 e. The number of benzene rings is 2. The van der Waals surface area contributed by atoms with Gasteiger partial charge in [-0.15, -0.1) is 0 Å². The molecule has 0 bridgehead atoms. The summed E-state index contributed by atoms with van der Waals surface area (Å²) in [5.41, 5.74) is 5.36. The van der Waals surface area contributed by atoms with E-state index in [1.165, 1.54) is 23.1 Å². The van der Waals surface area contributed by atoms with E-state index >= 15 is 0 Å². The molecular formula is C20H17N3S. The first-order valence-corrected chi connectivity index (χ1v) is 8.30. The van der Waals surface area contributed by atoms with Crippen LogP contribution in [-0.4, -0.2) is 15.1 Å². The first kappa shape index (κ1) is 16.2. The summed E-state index contributed by atoms with van der Waals surface area (Å²) in [5, 5.41) is 2.31. The Kier molecular flexibility index (Phi) is 5.22. The molecule has 1 aromatic heterocycles. The van der Waals surface area contributed by atoms with Crippen LogP contribution in [0.5, 0.6) is 0 Å². The number of hydrogen-bond donors (Lipinski definition) is 0. The van der Waals surface area contributed by atoms with Gasteiger partial charge in [-0.3, -0.25) is 0 Å². The molecule has 4 heteroatoms. The minimum Gasteiger partial charge on any atom is -0.234 e. The number of aryl methyl sites for hydroxylation is 1. The molecule has 0 spiro atoms. The van der Waals surface area contributed by atoms with Crippen LogP contribution in [0.4, 0.5) is 5.69 Å². The van der Waals surface area contributed by atoms with Gasteiger partial charge in [-0.1, -0.05) is 61.9 Å². The van der Waals surface area contributed by atoms with Crippen molar-refractivity contribution in [1.82, 2.24) is 9.97 Å². The third-order valence-corrected chi connectivity index (χ3v) is 3.87. The number of aliphatic imine (C=N–C) groups is 1. The zero-order chi connectivity index (χ0) is 16.8. The van der Waals surface area contributed by atoms with Crippen molar-refractivity contribution in [3.63, 3.8) is 0 Å². The Bertz CT molecular complexity index is 847. The summed E-state index contributed by atoms with van der Waals surface area (Å²) in [4.78, 5) is 12.5. The van der Waals surface area contributed by atoms with Crippen molar-refractivity contribution in [2.24, 2.45) is 4.99 Å². The van der Waals surface area contributed by atoms with E-state index in [-0.39, 0.29) is 0 Å². The molecule has 2 aromatic carbocycles. The molecule has 0 unspecified atom stereocenters. The third-order valence-electron chi connectivity index (χ3n) is 3.78. The quantitative estimate of drug-likeness (QED) is 0.458. The molecule has 0 fully saturated rings. The van der Waals surface area contributed by atoms with Crippen LogP contribution in [0.25, 0.3) is 22.5 Å². The molecule has 3 rings (SSSR count). The Hall–Kier alpha value is -2.68. The Morgan fingerprint density at radius 1 is 0.875 bits per heavy atom. The molecule has 3 aromatic rings. The maximum absolute atomic E-state index is 4.57. The van der Waals surface area contributed by atoms with E-state index in [2.05, 4.69) is 75.7 Å². The van der Waals surface area contributed by atoms with E-state index in [0.717, 1.165) is 12.0 Å². The van der Waals surface area contributed by atoms with E-state index in [1.807, 2.05) is 12.1 Å². The number of aromatic nitrogens is 2. The zero-order valence-corrected chi connectivity index (χ0v) is 14.3. The lowest BCUT2D eigenvalue weighted by atomic mass is 10.0. The molecule has 1 heterocycles. The molecular weight excluding hydrogens is 314 g/mol. The standard InChI is InChI=1S/C20H17N3S/c1-2-3-15-4-6-16(7-5-15)17-8-10-18(11-9-17)20-21-12-19(13-22-20)23-14-24/h4-13H,2-3H2,1H3. The number of isothiocyanates is 1. The van der Waals surface area contributed by atoms with E-state index in [9.17, 15) is 0 Å². The van der Waals surface area contributed by atoms with Crippen molar-refractivity contribution in [1.29, 1.82) is 0 Å². The average molecular weight is 331 g/mol. The van der Waals surface area contributed by atoms with E-state index in [0.29, 0.717) is 11.5 Å². The van der Waals surface area contributed by atoms with Crippen molar-refractivity contribution < 1.29 is 0 Å². The Morgan fingerprint density at radius 3 is 1.96 bits per heavy atom. The van der Waals surface area contributed by atoms with Gasteiger partial charge in [0.1, 0.15) is 5.69 Å². The molecule has 0 saturated heterocycles. The highest BCUT2D eigenvalue weighted by molar-refractivity contribution is 7.78. The predicted octanol–water partition coefficient (Wildman–Crippen LogP) is 5.50. The van der Waals surface area contributed by atoms with Gasteiger partial charge in [-0.2, -0.15) is 4.99 Å². The summed E-state index contributed by atoms with van der Waals surface area (Å²) < 4.78 is 0. The van der Waals surface area contributed by atoms with Crippen molar-refractivity contribution in [2.75, 3.05) is 0 Å². The first-order chi connectivity index (χ1) is 11.8. The highest BCUT2D eigenvalue weighted by Gasteiger charge is 2.03. The Morgan fingerprint density at radius 2 is 1.42 bits per heavy atom. The van der Waals surface area contributed by atoms with Gasteiger partial charge < -0.3 is 0 Å². The monoisotopic (exact) mass is 331 g/mol. The van der Waals surface area contributed by atoms with Crippen molar-refractivity contribution in [3.05, 3.63) is 66.5 Å². The van der Waals surface area contributed by atoms with Gasteiger partial charge in [0.25, 0.3) is 0 Å². The third kappa shape index (κ3) is 3.80. The molecule has 0 amide bonds. The smallest absolute Gasteiger partial charge is 0.159 e. The maximum atomic E-state index is 4.57. The number of thiocarbonyl (C=S) groups is 1. The fourth-order valence-electron chi connectivity index (χ4n) is 2.55. The molecule has 118 valence electrons.